The summed E-state index contributed by atoms with van der Waals surface area (Å²) in [5.74, 6) is -0.0226. The molecule has 1 saturated heterocycles. The highest BCUT2D eigenvalue weighted by molar-refractivity contribution is 7.21. The molecule has 1 aliphatic heterocycles. The first-order valence-electron chi connectivity index (χ1n) is 9.61. The summed E-state index contributed by atoms with van der Waals surface area (Å²) < 4.78 is 1.02. The van der Waals surface area contributed by atoms with E-state index in [1.165, 1.54) is 11.3 Å². The number of thiophene rings is 1. The van der Waals surface area contributed by atoms with E-state index in [1.54, 1.807) is 0 Å². The molecular formula is C22H22ClN3O2S. The van der Waals surface area contributed by atoms with Crippen LogP contribution in [-0.2, 0) is 11.3 Å². The summed E-state index contributed by atoms with van der Waals surface area (Å²) in [5, 5.41) is 4.42. The van der Waals surface area contributed by atoms with Gasteiger partial charge in [-0.25, -0.2) is 0 Å². The Bertz CT molecular complexity index is 1010. The van der Waals surface area contributed by atoms with E-state index in [4.69, 9.17) is 11.6 Å². The Hall–Kier alpha value is -2.41. The molecule has 3 aromatic rings. The van der Waals surface area contributed by atoms with E-state index in [9.17, 15) is 9.59 Å². The largest absolute Gasteiger partial charge is 0.351 e. The molecule has 2 amide bonds. The normalized spacial score (nSPS) is 14.9. The van der Waals surface area contributed by atoms with Crippen molar-refractivity contribution < 1.29 is 9.59 Å². The van der Waals surface area contributed by atoms with Crippen molar-refractivity contribution in [3.8, 4) is 0 Å². The lowest BCUT2D eigenvalue weighted by Gasteiger charge is -2.34. The molecule has 1 N–H and O–H groups in total. The summed E-state index contributed by atoms with van der Waals surface area (Å²) in [6.07, 6.45) is 0. The number of rotatable bonds is 5. The molecule has 0 spiro atoms. The van der Waals surface area contributed by atoms with Gasteiger partial charge in [-0.05, 0) is 11.6 Å². The van der Waals surface area contributed by atoms with Gasteiger partial charge in [0.2, 0.25) is 5.91 Å². The SMILES string of the molecule is O=C(CN1CCN(C(=O)c2sc3ccccc3c2Cl)CC1)NCc1ccccc1. The number of carbonyl (C=O) groups is 2. The van der Waals surface area contributed by atoms with Crippen LogP contribution in [0.1, 0.15) is 15.2 Å². The molecular weight excluding hydrogens is 406 g/mol. The van der Waals surface area contributed by atoms with Crippen LogP contribution < -0.4 is 5.32 Å². The third kappa shape index (κ3) is 4.61. The second-order valence-corrected chi connectivity index (χ2v) is 8.50. The van der Waals surface area contributed by atoms with Crippen LogP contribution in [0.5, 0.6) is 0 Å². The van der Waals surface area contributed by atoms with E-state index in [0.29, 0.717) is 49.2 Å². The Morgan fingerprint density at radius 2 is 1.66 bits per heavy atom. The first kappa shape index (κ1) is 19.9. The van der Waals surface area contributed by atoms with Crippen LogP contribution in [0.25, 0.3) is 10.1 Å². The Morgan fingerprint density at radius 3 is 2.38 bits per heavy atom. The molecule has 1 aliphatic rings. The molecule has 1 aromatic heterocycles. The molecule has 0 bridgehead atoms. The number of benzene rings is 2. The van der Waals surface area contributed by atoms with E-state index in [0.717, 1.165) is 15.6 Å². The quantitative estimate of drug-likeness (QED) is 0.676. The number of halogens is 1. The number of nitrogens with one attached hydrogen (secondary N) is 1. The monoisotopic (exact) mass is 427 g/mol. The minimum Gasteiger partial charge on any atom is -0.351 e. The van der Waals surface area contributed by atoms with E-state index < -0.39 is 0 Å². The molecule has 7 heteroatoms. The minimum atomic E-state index is -0.0237. The molecule has 2 aromatic carbocycles. The number of amides is 2. The molecule has 2 heterocycles. The molecule has 0 saturated carbocycles. The highest BCUT2D eigenvalue weighted by atomic mass is 35.5. The second-order valence-electron chi connectivity index (χ2n) is 7.07. The molecule has 0 unspecified atom stereocenters. The van der Waals surface area contributed by atoms with Gasteiger partial charge in [-0.1, -0.05) is 60.1 Å². The van der Waals surface area contributed by atoms with E-state index in [2.05, 4.69) is 10.2 Å². The third-order valence-corrected chi connectivity index (χ3v) is 6.75. The summed E-state index contributed by atoms with van der Waals surface area (Å²) >= 11 is 7.89. The van der Waals surface area contributed by atoms with Gasteiger partial charge in [-0.15, -0.1) is 11.3 Å². The summed E-state index contributed by atoms with van der Waals surface area (Å²) in [4.78, 5) is 29.7. The van der Waals surface area contributed by atoms with Crippen LogP contribution in [0.15, 0.2) is 54.6 Å². The lowest BCUT2D eigenvalue weighted by Crippen LogP contribution is -2.51. The molecule has 0 aliphatic carbocycles. The van der Waals surface area contributed by atoms with Crippen molar-refractivity contribution in [1.82, 2.24) is 15.1 Å². The highest BCUT2D eigenvalue weighted by Crippen LogP contribution is 2.36. The Balaban J connectivity index is 1.29. The minimum absolute atomic E-state index is 0.00109. The first-order valence-corrected chi connectivity index (χ1v) is 10.8. The van der Waals surface area contributed by atoms with Gasteiger partial charge in [-0.3, -0.25) is 14.5 Å². The average molecular weight is 428 g/mol. The number of hydrogen-bond donors (Lipinski definition) is 1. The van der Waals surface area contributed by atoms with Crippen LogP contribution in [-0.4, -0.2) is 54.3 Å². The predicted molar refractivity (Wildman–Crippen MR) is 117 cm³/mol. The predicted octanol–water partition coefficient (Wildman–Crippen LogP) is 3.63. The lowest BCUT2D eigenvalue weighted by molar-refractivity contribution is -0.122. The van der Waals surface area contributed by atoms with Gasteiger partial charge in [0, 0.05) is 42.8 Å². The fourth-order valence-corrected chi connectivity index (χ4v) is 4.94. The van der Waals surface area contributed by atoms with Crippen molar-refractivity contribution in [2.75, 3.05) is 32.7 Å². The summed E-state index contributed by atoms with van der Waals surface area (Å²) in [6, 6.07) is 17.7. The molecule has 4 rings (SSSR count). The zero-order valence-corrected chi connectivity index (χ0v) is 17.5. The Kier molecular flexibility index (Phi) is 6.13. The number of piperazine rings is 1. The van der Waals surface area contributed by atoms with Crippen molar-refractivity contribution >= 4 is 44.8 Å². The smallest absolute Gasteiger partial charge is 0.265 e. The van der Waals surface area contributed by atoms with E-state index in [-0.39, 0.29) is 11.8 Å². The fourth-order valence-electron chi connectivity index (χ4n) is 3.46. The van der Waals surface area contributed by atoms with Crippen LogP contribution in [0.3, 0.4) is 0 Å². The van der Waals surface area contributed by atoms with Gasteiger partial charge in [0.05, 0.1) is 11.6 Å². The molecule has 150 valence electrons. The summed E-state index contributed by atoms with van der Waals surface area (Å²) in [7, 11) is 0. The Labute approximate surface area is 178 Å². The van der Waals surface area contributed by atoms with Crippen LogP contribution in [0, 0.1) is 0 Å². The van der Waals surface area contributed by atoms with Crippen molar-refractivity contribution in [3.05, 3.63) is 70.1 Å². The van der Waals surface area contributed by atoms with Crippen molar-refractivity contribution in [1.29, 1.82) is 0 Å². The highest BCUT2D eigenvalue weighted by Gasteiger charge is 2.26. The van der Waals surface area contributed by atoms with Gasteiger partial charge in [0.15, 0.2) is 0 Å². The third-order valence-electron chi connectivity index (χ3n) is 5.09. The number of nitrogens with zero attached hydrogens (tertiary/aromatic N) is 2. The molecule has 0 atom stereocenters. The van der Waals surface area contributed by atoms with Gasteiger partial charge in [0.1, 0.15) is 4.88 Å². The number of fused-ring (bicyclic) bond motifs is 1. The van der Waals surface area contributed by atoms with Gasteiger partial charge < -0.3 is 10.2 Å². The van der Waals surface area contributed by atoms with Crippen molar-refractivity contribution in [3.63, 3.8) is 0 Å². The molecule has 29 heavy (non-hydrogen) atoms. The molecule has 1 fully saturated rings. The van der Waals surface area contributed by atoms with Gasteiger partial charge in [-0.2, -0.15) is 0 Å². The fraction of sp³-hybridized carbons (Fsp3) is 0.273. The maximum atomic E-state index is 12.9. The zero-order chi connectivity index (χ0) is 20.2. The van der Waals surface area contributed by atoms with E-state index in [1.807, 2.05) is 59.5 Å². The maximum Gasteiger partial charge on any atom is 0.265 e. The van der Waals surface area contributed by atoms with Crippen molar-refractivity contribution in [2.45, 2.75) is 6.54 Å². The molecule has 5 nitrogen and oxygen atoms in total. The van der Waals surface area contributed by atoms with Crippen LogP contribution >= 0.6 is 22.9 Å². The topological polar surface area (TPSA) is 52.7 Å². The second kappa shape index (κ2) is 8.95. The average Bonchev–Trinajstić information content (AvgIpc) is 3.10. The van der Waals surface area contributed by atoms with Crippen LogP contribution in [0.4, 0.5) is 0 Å². The van der Waals surface area contributed by atoms with Gasteiger partial charge >= 0.3 is 0 Å². The maximum absolute atomic E-state index is 12.9. The zero-order valence-electron chi connectivity index (χ0n) is 15.9. The summed E-state index contributed by atoms with van der Waals surface area (Å²) in [5.41, 5.74) is 1.08. The lowest BCUT2D eigenvalue weighted by atomic mass is 10.2. The standard InChI is InChI=1S/C22H22ClN3O2S/c23-20-17-8-4-5-9-18(17)29-21(20)22(28)26-12-10-25(11-13-26)15-19(27)24-14-16-6-2-1-3-7-16/h1-9H,10-15H2,(H,24,27). The Morgan fingerprint density at radius 1 is 0.966 bits per heavy atom. The molecule has 0 radical (unpaired) electrons. The van der Waals surface area contributed by atoms with Crippen LogP contribution in [0.2, 0.25) is 5.02 Å². The van der Waals surface area contributed by atoms with E-state index >= 15 is 0 Å². The summed E-state index contributed by atoms with van der Waals surface area (Å²) in [6.45, 7) is 3.41. The van der Waals surface area contributed by atoms with Gasteiger partial charge in [0.25, 0.3) is 5.91 Å². The first-order chi connectivity index (χ1) is 14.1. The van der Waals surface area contributed by atoms with Crippen molar-refractivity contribution in [2.24, 2.45) is 0 Å². The number of carbonyl (C=O) groups excluding carboxylic acids is 2. The number of hydrogen-bond acceptors (Lipinski definition) is 4.